The van der Waals surface area contributed by atoms with Crippen LogP contribution in [0, 0.1) is 22.7 Å². The Morgan fingerprint density at radius 2 is 1.89 bits per heavy atom. The number of aliphatic hydroxyl groups excluding tert-OH is 1. The van der Waals surface area contributed by atoms with Gasteiger partial charge in [-0.2, -0.15) is 10.5 Å². The van der Waals surface area contributed by atoms with E-state index in [1.165, 1.54) is 18.7 Å². The highest BCUT2D eigenvalue weighted by molar-refractivity contribution is 7.99. The molecule has 2 aromatic rings. The minimum atomic E-state index is -0.181. The van der Waals surface area contributed by atoms with Crippen molar-refractivity contribution in [1.29, 1.82) is 10.5 Å². The molecule has 0 aliphatic rings. The third-order valence-electron chi connectivity index (χ3n) is 3.56. The molecule has 0 radical (unpaired) electrons. The number of carbonyl (C=O) groups is 1. The van der Waals surface area contributed by atoms with Crippen molar-refractivity contribution in [2.24, 2.45) is 0 Å². The van der Waals surface area contributed by atoms with Crippen molar-refractivity contribution in [1.82, 2.24) is 4.98 Å². The van der Waals surface area contributed by atoms with Crippen LogP contribution in [0.4, 0.5) is 11.5 Å². The number of rotatable bonds is 7. The van der Waals surface area contributed by atoms with Crippen LogP contribution >= 0.6 is 11.8 Å². The van der Waals surface area contributed by atoms with E-state index in [0.717, 1.165) is 0 Å². The molecule has 1 amide bonds. The SMILES string of the molecule is CCNc1nc(SCCO)c(C#N)c(-c2ccc(NC(C)=O)cc2)c1C#N. The van der Waals surface area contributed by atoms with E-state index in [4.69, 9.17) is 5.11 Å². The second kappa shape index (κ2) is 9.58. The molecular weight excluding hydrogens is 362 g/mol. The molecule has 1 aromatic heterocycles. The van der Waals surface area contributed by atoms with E-state index in [0.29, 0.717) is 45.5 Å². The lowest BCUT2D eigenvalue weighted by Gasteiger charge is -2.15. The molecule has 0 saturated heterocycles. The Morgan fingerprint density at radius 1 is 1.22 bits per heavy atom. The summed E-state index contributed by atoms with van der Waals surface area (Å²) in [5, 5.41) is 34.8. The number of benzene rings is 1. The summed E-state index contributed by atoms with van der Waals surface area (Å²) < 4.78 is 0. The van der Waals surface area contributed by atoms with Gasteiger partial charge >= 0.3 is 0 Å². The number of amides is 1. The average Bonchev–Trinajstić information content (AvgIpc) is 2.66. The molecule has 0 aliphatic heterocycles. The number of aromatic nitrogens is 1. The summed E-state index contributed by atoms with van der Waals surface area (Å²) in [5.74, 6) is 0.611. The first-order chi connectivity index (χ1) is 13.0. The minimum Gasteiger partial charge on any atom is -0.396 e. The van der Waals surface area contributed by atoms with Gasteiger partial charge in [0.2, 0.25) is 5.91 Å². The molecule has 7 nitrogen and oxygen atoms in total. The molecule has 138 valence electrons. The number of aliphatic hydroxyl groups is 1. The molecule has 0 atom stereocenters. The molecule has 0 bridgehead atoms. The minimum absolute atomic E-state index is 0.0471. The molecule has 8 heteroatoms. The van der Waals surface area contributed by atoms with Gasteiger partial charge in [-0.25, -0.2) is 4.98 Å². The third kappa shape index (κ3) is 4.76. The van der Waals surface area contributed by atoms with Gasteiger partial charge in [0.05, 0.1) is 12.2 Å². The second-order valence-corrected chi connectivity index (χ2v) is 6.56. The Hall–Kier alpha value is -3.07. The topological polar surface area (TPSA) is 122 Å². The van der Waals surface area contributed by atoms with E-state index in [1.807, 2.05) is 6.92 Å². The van der Waals surface area contributed by atoms with Crippen LogP contribution in [0.2, 0.25) is 0 Å². The van der Waals surface area contributed by atoms with Crippen LogP contribution in [0.5, 0.6) is 0 Å². The van der Waals surface area contributed by atoms with Crippen molar-refractivity contribution in [3.63, 3.8) is 0 Å². The van der Waals surface area contributed by atoms with Gasteiger partial charge in [0.25, 0.3) is 0 Å². The van der Waals surface area contributed by atoms with Gasteiger partial charge in [-0.1, -0.05) is 12.1 Å². The maximum absolute atomic E-state index is 11.2. The highest BCUT2D eigenvalue weighted by Gasteiger charge is 2.21. The number of carbonyl (C=O) groups excluding carboxylic acids is 1. The van der Waals surface area contributed by atoms with E-state index in [2.05, 4.69) is 27.8 Å². The van der Waals surface area contributed by atoms with Crippen molar-refractivity contribution in [3.8, 4) is 23.3 Å². The number of nitrogens with zero attached hydrogens (tertiary/aromatic N) is 3. The maximum Gasteiger partial charge on any atom is 0.221 e. The summed E-state index contributed by atoms with van der Waals surface area (Å²) in [5.41, 5.74) is 2.36. The van der Waals surface area contributed by atoms with Crippen LogP contribution in [0.3, 0.4) is 0 Å². The van der Waals surface area contributed by atoms with Gasteiger partial charge in [-0.05, 0) is 24.6 Å². The first kappa shape index (κ1) is 20.2. The van der Waals surface area contributed by atoms with Gasteiger partial charge in [-0.15, -0.1) is 11.8 Å². The van der Waals surface area contributed by atoms with Crippen molar-refractivity contribution in [2.75, 3.05) is 29.5 Å². The molecule has 0 spiro atoms. The number of nitrogens with one attached hydrogen (secondary N) is 2. The Morgan fingerprint density at radius 3 is 2.41 bits per heavy atom. The number of hydrogen-bond donors (Lipinski definition) is 3. The summed E-state index contributed by atoms with van der Waals surface area (Å²) in [6, 6.07) is 11.2. The number of thioether (sulfide) groups is 1. The molecule has 0 aliphatic carbocycles. The molecule has 2 rings (SSSR count). The fraction of sp³-hybridized carbons (Fsp3) is 0.263. The van der Waals surface area contributed by atoms with Gasteiger partial charge in [0.1, 0.15) is 28.5 Å². The predicted octanol–water partition coefficient (Wildman–Crippen LogP) is 2.97. The highest BCUT2D eigenvalue weighted by Crippen LogP contribution is 2.36. The zero-order valence-corrected chi connectivity index (χ0v) is 15.9. The zero-order chi connectivity index (χ0) is 19.8. The lowest BCUT2D eigenvalue weighted by atomic mass is 9.96. The molecule has 1 heterocycles. The second-order valence-electron chi connectivity index (χ2n) is 5.48. The van der Waals surface area contributed by atoms with Crippen molar-refractivity contribution in [3.05, 3.63) is 35.4 Å². The molecule has 0 unspecified atom stereocenters. The Kier molecular flexibility index (Phi) is 7.18. The van der Waals surface area contributed by atoms with Gasteiger partial charge < -0.3 is 15.7 Å². The number of anilines is 2. The number of hydrogen-bond acceptors (Lipinski definition) is 7. The summed E-state index contributed by atoms with van der Waals surface area (Å²) >= 11 is 1.26. The monoisotopic (exact) mass is 381 g/mol. The van der Waals surface area contributed by atoms with E-state index in [9.17, 15) is 15.3 Å². The van der Waals surface area contributed by atoms with Crippen LogP contribution in [0.15, 0.2) is 29.3 Å². The predicted molar refractivity (Wildman–Crippen MR) is 105 cm³/mol. The maximum atomic E-state index is 11.2. The van der Waals surface area contributed by atoms with Crippen molar-refractivity contribution in [2.45, 2.75) is 18.9 Å². The normalized spacial score (nSPS) is 9.96. The van der Waals surface area contributed by atoms with Crippen LogP contribution in [-0.2, 0) is 4.79 Å². The quantitative estimate of drug-likeness (QED) is 0.630. The summed E-state index contributed by atoms with van der Waals surface area (Å²) in [7, 11) is 0. The summed E-state index contributed by atoms with van der Waals surface area (Å²) in [6.07, 6.45) is 0. The smallest absolute Gasteiger partial charge is 0.221 e. The molecule has 1 aromatic carbocycles. The summed E-state index contributed by atoms with van der Waals surface area (Å²) in [4.78, 5) is 15.6. The first-order valence-corrected chi connectivity index (χ1v) is 9.28. The Labute approximate surface area is 162 Å². The van der Waals surface area contributed by atoms with Crippen LogP contribution in [0.1, 0.15) is 25.0 Å². The molecule has 3 N–H and O–H groups in total. The Bertz CT molecular complexity index is 914. The van der Waals surface area contributed by atoms with E-state index >= 15 is 0 Å². The van der Waals surface area contributed by atoms with Gasteiger partial charge in [-0.3, -0.25) is 4.79 Å². The van der Waals surface area contributed by atoms with Crippen LogP contribution in [0.25, 0.3) is 11.1 Å². The van der Waals surface area contributed by atoms with Gasteiger partial charge in [0, 0.05) is 30.5 Å². The van der Waals surface area contributed by atoms with Crippen molar-refractivity contribution >= 4 is 29.2 Å². The zero-order valence-electron chi connectivity index (χ0n) is 15.0. The molecule has 0 saturated carbocycles. The van der Waals surface area contributed by atoms with Crippen LogP contribution in [-0.4, -0.2) is 34.9 Å². The fourth-order valence-corrected chi connectivity index (χ4v) is 3.26. The largest absolute Gasteiger partial charge is 0.396 e. The summed E-state index contributed by atoms with van der Waals surface area (Å²) in [6.45, 7) is 3.84. The molecular formula is C19H19N5O2S. The molecule has 27 heavy (non-hydrogen) atoms. The van der Waals surface area contributed by atoms with E-state index in [1.54, 1.807) is 24.3 Å². The third-order valence-corrected chi connectivity index (χ3v) is 4.51. The van der Waals surface area contributed by atoms with E-state index < -0.39 is 0 Å². The first-order valence-electron chi connectivity index (χ1n) is 8.29. The lowest BCUT2D eigenvalue weighted by molar-refractivity contribution is -0.114. The van der Waals surface area contributed by atoms with Crippen molar-refractivity contribution < 1.29 is 9.90 Å². The number of nitriles is 2. The highest BCUT2D eigenvalue weighted by atomic mass is 32.2. The van der Waals surface area contributed by atoms with Crippen LogP contribution < -0.4 is 10.6 Å². The molecule has 0 fully saturated rings. The standard InChI is InChI=1S/C19H19N5O2S/c1-3-22-18-15(10-20)17(16(11-21)19(24-18)27-9-8-25)13-4-6-14(7-5-13)23-12(2)26/h4-7,25H,3,8-9H2,1-2H3,(H,22,24)(H,23,26). The van der Waals surface area contributed by atoms with Gasteiger partial charge in [0.15, 0.2) is 0 Å². The lowest BCUT2D eigenvalue weighted by Crippen LogP contribution is -2.07. The average molecular weight is 381 g/mol. The fourth-order valence-electron chi connectivity index (χ4n) is 2.53. The Balaban J connectivity index is 2.67. The number of pyridine rings is 1. The van der Waals surface area contributed by atoms with E-state index in [-0.39, 0.29) is 18.1 Å².